The summed E-state index contributed by atoms with van der Waals surface area (Å²) in [4.78, 5) is 12.2. The van der Waals surface area contributed by atoms with Gasteiger partial charge in [0.15, 0.2) is 11.5 Å². The predicted molar refractivity (Wildman–Crippen MR) is 106 cm³/mol. The Morgan fingerprint density at radius 3 is 2.19 bits per heavy atom. The fraction of sp³-hybridized carbons (Fsp3) is 0.0909. The zero-order valence-electron chi connectivity index (χ0n) is 15.2. The minimum Gasteiger partial charge on any atom is -0.493 e. The van der Waals surface area contributed by atoms with Crippen molar-refractivity contribution in [2.75, 3.05) is 14.2 Å². The molecule has 5 nitrogen and oxygen atoms in total. The molecule has 0 aliphatic carbocycles. The molecule has 0 fully saturated rings. The number of hydrogen-bond donors (Lipinski definition) is 1. The highest BCUT2D eigenvalue weighted by atomic mass is 16.5. The summed E-state index contributed by atoms with van der Waals surface area (Å²) < 4.78 is 10.4. The number of nitrogens with zero attached hydrogens (tertiary/aromatic N) is 1. The van der Waals surface area contributed by atoms with Crippen molar-refractivity contribution in [1.82, 2.24) is 5.43 Å². The van der Waals surface area contributed by atoms with Gasteiger partial charge in [0.25, 0.3) is 5.91 Å². The molecule has 0 aliphatic rings. The van der Waals surface area contributed by atoms with Crippen LogP contribution in [0.5, 0.6) is 11.5 Å². The van der Waals surface area contributed by atoms with E-state index in [-0.39, 0.29) is 5.91 Å². The van der Waals surface area contributed by atoms with Crippen LogP contribution in [0.1, 0.15) is 15.9 Å². The Labute approximate surface area is 158 Å². The van der Waals surface area contributed by atoms with Crippen LogP contribution in [0.15, 0.2) is 77.9 Å². The Kier molecular flexibility index (Phi) is 5.84. The first-order valence-electron chi connectivity index (χ1n) is 8.42. The maximum atomic E-state index is 12.2. The molecule has 0 bridgehead atoms. The fourth-order valence-electron chi connectivity index (χ4n) is 2.60. The molecule has 0 unspecified atom stereocenters. The van der Waals surface area contributed by atoms with Crippen molar-refractivity contribution < 1.29 is 14.3 Å². The second kappa shape index (κ2) is 8.67. The number of hydrazone groups is 1. The number of ether oxygens (including phenoxy) is 2. The lowest BCUT2D eigenvalue weighted by atomic mass is 10.0. The van der Waals surface area contributed by atoms with Gasteiger partial charge in [0.2, 0.25) is 0 Å². The van der Waals surface area contributed by atoms with E-state index in [1.807, 2.05) is 42.5 Å². The second-order valence-electron chi connectivity index (χ2n) is 5.76. The smallest absolute Gasteiger partial charge is 0.271 e. The van der Waals surface area contributed by atoms with Crippen molar-refractivity contribution in [3.8, 4) is 22.6 Å². The number of methoxy groups -OCH3 is 2. The first-order chi connectivity index (χ1) is 13.2. The van der Waals surface area contributed by atoms with E-state index in [1.165, 1.54) is 7.11 Å². The van der Waals surface area contributed by atoms with Crippen LogP contribution in [0.4, 0.5) is 0 Å². The van der Waals surface area contributed by atoms with Crippen molar-refractivity contribution in [1.29, 1.82) is 0 Å². The number of rotatable bonds is 6. The van der Waals surface area contributed by atoms with Crippen molar-refractivity contribution in [3.63, 3.8) is 0 Å². The molecule has 136 valence electrons. The van der Waals surface area contributed by atoms with Crippen LogP contribution < -0.4 is 14.9 Å². The number of carbonyl (C=O) groups is 1. The van der Waals surface area contributed by atoms with E-state index in [2.05, 4.69) is 22.7 Å². The van der Waals surface area contributed by atoms with E-state index in [1.54, 1.807) is 31.5 Å². The number of amides is 1. The Bertz CT molecular complexity index is 936. The van der Waals surface area contributed by atoms with Crippen LogP contribution in [0.25, 0.3) is 11.1 Å². The standard InChI is InChI=1S/C22H20N2O3/c1-26-20-13-12-19(14-21(20)27-2)22(25)24-23-15-16-8-10-18(11-9-16)17-6-4-3-5-7-17/h3-15H,1-2H3,(H,24,25)/b23-15+. The minimum absolute atomic E-state index is 0.326. The third kappa shape index (κ3) is 4.52. The second-order valence-corrected chi connectivity index (χ2v) is 5.76. The van der Waals surface area contributed by atoms with Gasteiger partial charge in [0.05, 0.1) is 20.4 Å². The van der Waals surface area contributed by atoms with E-state index >= 15 is 0 Å². The Balaban J connectivity index is 1.64. The topological polar surface area (TPSA) is 59.9 Å². The van der Waals surface area contributed by atoms with Crippen LogP contribution in [0.3, 0.4) is 0 Å². The summed E-state index contributed by atoms with van der Waals surface area (Å²) in [5.41, 5.74) is 6.12. The van der Waals surface area contributed by atoms with Crippen LogP contribution in [-0.4, -0.2) is 26.3 Å². The highest BCUT2D eigenvalue weighted by molar-refractivity contribution is 5.95. The largest absolute Gasteiger partial charge is 0.493 e. The zero-order valence-corrected chi connectivity index (χ0v) is 15.2. The van der Waals surface area contributed by atoms with E-state index in [0.29, 0.717) is 17.1 Å². The summed E-state index contributed by atoms with van der Waals surface area (Å²) in [5.74, 6) is 0.731. The molecule has 3 aromatic carbocycles. The summed E-state index contributed by atoms with van der Waals surface area (Å²) in [5, 5.41) is 4.02. The van der Waals surface area contributed by atoms with Gasteiger partial charge < -0.3 is 9.47 Å². The molecule has 0 saturated heterocycles. The number of benzene rings is 3. The van der Waals surface area contributed by atoms with E-state index < -0.39 is 0 Å². The predicted octanol–water partition coefficient (Wildman–Crippen LogP) is 4.13. The van der Waals surface area contributed by atoms with Gasteiger partial charge >= 0.3 is 0 Å². The first-order valence-corrected chi connectivity index (χ1v) is 8.42. The third-order valence-electron chi connectivity index (χ3n) is 4.04. The van der Waals surface area contributed by atoms with E-state index in [9.17, 15) is 4.79 Å². The lowest BCUT2D eigenvalue weighted by Gasteiger charge is -2.08. The zero-order chi connectivity index (χ0) is 19.1. The van der Waals surface area contributed by atoms with Gasteiger partial charge in [-0.05, 0) is 34.9 Å². The Hall–Kier alpha value is -3.60. The summed E-state index contributed by atoms with van der Waals surface area (Å²) >= 11 is 0. The lowest BCUT2D eigenvalue weighted by Crippen LogP contribution is -2.17. The maximum Gasteiger partial charge on any atom is 0.271 e. The maximum absolute atomic E-state index is 12.2. The number of hydrogen-bond acceptors (Lipinski definition) is 4. The molecule has 5 heteroatoms. The molecule has 0 spiro atoms. The van der Waals surface area contributed by atoms with Crippen molar-refractivity contribution >= 4 is 12.1 Å². The van der Waals surface area contributed by atoms with Gasteiger partial charge in [-0.2, -0.15) is 5.10 Å². The molecule has 1 N–H and O–H groups in total. The van der Waals surface area contributed by atoms with Gasteiger partial charge in [-0.25, -0.2) is 5.43 Å². The molecule has 27 heavy (non-hydrogen) atoms. The highest BCUT2D eigenvalue weighted by Crippen LogP contribution is 2.27. The molecule has 0 heterocycles. The molecule has 0 aliphatic heterocycles. The number of carbonyl (C=O) groups excluding carboxylic acids is 1. The molecule has 0 radical (unpaired) electrons. The average Bonchev–Trinajstić information content (AvgIpc) is 2.74. The van der Waals surface area contributed by atoms with Crippen LogP contribution in [0, 0.1) is 0 Å². The summed E-state index contributed by atoms with van der Waals surface area (Å²) in [6.45, 7) is 0. The summed E-state index contributed by atoms with van der Waals surface area (Å²) in [6, 6.07) is 23.0. The molecule has 0 saturated carbocycles. The van der Waals surface area contributed by atoms with Crippen LogP contribution >= 0.6 is 0 Å². The fourth-order valence-corrected chi connectivity index (χ4v) is 2.60. The highest BCUT2D eigenvalue weighted by Gasteiger charge is 2.09. The third-order valence-corrected chi connectivity index (χ3v) is 4.04. The average molecular weight is 360 g/mol. The molecular weight excluding hydrogens is 340 g/mol. The molecule has 3 rings (SSSR count). The Morgan fingerprint density at radius 2 is 1.52 bits per heavy atom. The lowest BCUT2D eigenvalue weighted by molar-refractivity contribution is 0.0954. The van der Waals surface area contributed by atoms with E-state index in [0.717, 1.165) is 16.7 Å². The minimum atomic E-state index is -0.326. The van der Waals surface area contributed by atoms with Gasteiger partial charge in [-0.3, -0.25) is 4.79 Å². The normalized spacial score (nSPS) is 10.6. The Morgan fingerprint density at radius 1 is 0.852 bits per heavy atom. The molecule has 0 atom stereocenters. The van der Waals surface area contributed by atoms with Gasteiger partial charge in [-0.15, -0.1) is 0 Å². The molecule has 3 aromatic rings. The van der Waals surface area contributed by atoms with Crippen LogP contribution in [-0.2, 0) is 0 Å². The van der Waals surface area contributed by atoms with Gasteiger partial charge in [0, 0.05) is 5.56 Å². The SMILES string of the molecule is COc1ccc(C(=O)N/N=C/c2ccc(-c3ccccc3)cc2)cc1OC. The van der Waals surface area contributed by atoms with Gasteiger partial charge in [-0.1, -0.05) is 54.6 Å². The monoisotopic (exact) mass is 360 g/mol. The van der Waals surface area contributed by atoms with Crippen molar-refractivity contribution in [3.05, 3.63) is 83.9 Å². The summed E-state index contributed by atoms with van der Waals surface area (Å²) in [6.07, 6.45) is 1.60. The summed E-state index contributed by atoms with van der Waals surface area (Å²) in [7, 11) is 3.07. The molecular formula is C22H20N2O3. The van der Waals surface area contributed by atoms with Crippen molar-refractivity contribution in [2.24, 2.45) is 5.10 Å². The quantitative estimate of drug-likeness (QED) is 0.531. The molecule has 0 aromatic heterocycles. The first kappa shape index (κ1) is 18.2. The molecule has 1 amide bonds. The van der Waals surface area contributed by atoms with Crippen LogP contribution in [0.2, 0.25) is 0 Å². The van der Waals surface area contributed by atoms with Crippen molar-refractivity contribution in [2.45, 2.75) is 0 Å². The van der Waals surface area contributed by atoms with E-state index in [4.69, 9.17) is 9.47 Å². The number of nitrogens with one attached hydrogen (secondary N) is 1. The van der Waals surface area contributed by atoms with Gasteiger partial charge in [0.1, 0.15) is 0 Å².